The number of nitrogens with two attached hydrogens (primary N) is 2. The van der Waals surface area contributed by atoms with Gasteiger partial charge in [0.05, 0.1) is 0 Å². The Morgan fingerprint density at radius 2 is 1.50 bits per heavy atom. The van der Waals surface area contributed by atoms with Crippen LogP contribution in [0.5, 0.6) is 0 Å². The van der Waals surface area contributed by atoms with E-state index < -0.39 is 0 Å². The second-order valence-corrected chi connectivity index (χ2v) is 7.73. The highest BCUT2D eigenvalue weighted by atomic mass is 79.9. The Hall–Kier alpha value is -1.26. The molecule has 0 saturated heterocycles. The van der Waals surface area contributed by atoms with E-state index in [1.165, 1.54) is 11.1 Å². The second-order valence-electron chi connectivity index (χ2n) is 6.02. The molecule has 2 aromatic carbocycles. The van der Waals surface area contributed by atoms with Crippen molar-refractivity contribution in [1.29, 1.82) is 0 Å². The minimum absolute atomic E-state index is 0.103. The predicted octanol–water partition coefficient (Wildman–Crippen LogP) is 5.76. The number of benzene rings is 2. The average molecular weight is 424 g/mol. The van der Waals surface area contributed by atoms with Gasteiger partial charge >= 0.3 is 0 Å². The number of hydrogen-bond acceptors (Lipinski definition) is 2. The lowest BCUT2D eigenvalue weighted by Gasteiger charge is -2.23. The third kappa shape index (κ3) is 3.73. The van der Waals surface area contributed by atoms with Crippen molar-refractivity contribution in [2.75, 3.05) is 11.5 Å². The summed E-state index contributed by atoms with van der Waals surface area (Å²) in [6.45, 7) is 6.51. The number of halogens is 2. The summed E-state index contributed by atoms with van der Waals surface area (Å²) in [5.41, 5.74) is 16.7. The molecule has 0 radical (unpaired) electrons. The van der Waals surface area contributed by atoms with E-state index in [1.807, 2.05) is 18.2 Å². The summed E-state index contributed by atoms with van der Waals surface area (Å²) < 4.78 is 1.85. The van der Waals surface area contributed by atoms with Gasteiger partial charge in [-0.15, -0.1) is 0 Å². The minimum Gasteiger partial charge on any atom is -0.398 e. The third-order valence-corrected chi connectivity index (χ3v) is 5.15. The number of hydrogen-bond donors (Lipinski definition) is 2. The van der Waals surface area contributed by atoms with Crippen molar-refractivity contribution < 1.29 is 0 Å². The van der Waals surface area contributed by atoms with Crippen molar-refractivity contribution in [2.24, 2.45) is 0 Å². The van der Waals surface area contributed by atoms with E-state index in [-0.39, 0.29) is 5.41 Å². The molecule has 0 amide bonds. The van der Waals surface area contributed by atoms with Gasteiger partial charge in [-0.2, -0.15) is 0 Å². The van der Waals surface area contributed by atoms with Crippen molar-refractivity contribution in [3.63, 3.8) is 0 Å². The van der Waals surface area contributed by atoms with Gasteiger partial charge in [-0.05, 0) is 79.7 Å². The highest BCUT2D eigenvalue weighted by Gasteiger charge is 2.19. The summed E-state index contributed by atoms with van der Waals surface area (Å²) in [5, 5.41) is 0. The van der Waals surface area contributed by atoms with Crippen LogP contribution in [0.3, 0.4) is 0 Å². The summed E-state index contributed by atoms with van der Waals surface area (Å²) in [7, 11) is 0. The van der Waals surface area contributed by atoms with Crippen LogP contribution in [0.25, 0.3) is 5.57 Å². The highest BCUT2D eigenvalue weighted by Crippen LogP contribution is 2.33. The van der Waals surface area contributed by atoms with E-state index in [0.717, 1.165) is 25.9 Å². The van der Waals surface area contributed by atoms with Crippen molar-refractivity contribution in [2.45, 2.75) is 26.2 Å². The highest BCUT2D eigenvalue weighted by molar-refractivity contribution is 9.11. The van der Waals surface area contributed by atoms with Crippen LogP contribution in [0.15, 0.2) is 51.4 Å². The van der Waals surface area contributed by atoms with Crippen LogP contribution in [0.4, 0.5) is 11.4 Å². The van der Waals surface area contributed by atoms with E-state index in [4.69, 9.17) is 11.5 Å². The zero-order chi connectivity index (χ0) is 16.5. The number of nitrogen functional groups attached to an aromatic ring is 2. The molecule has 0 aliphatic rings. The molecule has 0 fully saturated rings. The van der Waals surface area contributed by atoms with Gasteiger partial charge in [0.15, 0.2) is 0 Å². The molecule has 2 aromatic rings. The van der Waals surface area contributed by atoms with Gasteiger partial charge in [0.2, 0.25) is 0 Å². The van der Waals surface area contributed by atoms with E-state index in [1.54, 1.807) is 0 Å². The maximum atomic E-state index is 5.88. The molecule has 2 nitrogen and oxygen atoms in total. The van der Waals surface area contributed by atoms with E-state index in [2.05, 4.69) is 76.9 Å². The fraction of sp³-hybridized carbons (Fsp3) is 0.222. The summed E-state index contributed by atoms with van der Waals surface area (Å²) in [6, 6.07) is 12.1. The van der Waals surface area contributed by atoms with E-state index in [9.17, 15) is 0 Å². The van der Waals surface area contributed by atoms with Crippen LogP contribution in [0.2, 0.25) is 0 Å². The Labute approximate surface area is 148 Å². The molecule has 4 N–H and O–H groups in total. The lowest BCUT2D eigenvalue weighted by Crippen LogP contribution is -2.14. The van der Waals surface area contributed by atoms with E-state index >= 15 is 0 Å². The molecule has 0 aromatic heterocycles. The Balaban J connectivity index is 2.39. The number of allylic oxidation sites excluding steroid dienone is 2. The fourth-order valence-electron chi connectivity index (χ4n) is 2.41. The first kappa shape index (κ1) is 17.1. The molecule has 0 aliphatic heterocycles. The molecule has 22 heavy (non-hydrogen) atoms. The molecule has 0 unspecified atom stereocenters. The molecule has 2 rings (SSSR count). The van der Waals surface area contributed by atoms with Crippen LogP contribution < -0.4 is 11.5 Å². The summed E-state index contributed by atoms with van der Waals surface area (Å²) in [4.78, 5) is 0. The van der Waals surface area contributed by atoms with Gasteiger partial charge in [-0.3, -0.25) is 0 Å². The lowest BCUT2D eigenvalue weighted by molar-refractivity contribution is 0.670. The molecule has 0 aliphatic carbocycles. The predicted molar refractivity (Wildman–Crippen MR) is 104 cm³/mol. The summed E-state index contributed by atoms with van der Waals surface area (Å²) in [6.07, 6.45) is 2.27. The van der Waals surface area contributed by atoms with Crippen LogP contribution in [0.1, 0.15) is 31.9 Å². The molecule has 0 atom stereocenters. The molecular weight excluding hydrogens is 404 g/mol. The van der Waals surface area contributed by atoms with Crippen molar-refractivity contribution in [3.8, 4) is 0 Å². The smallest absolute Gasteiger partial charge is 0.0458 e. The standard InChI is InChI=1S/C18H20Br2N2/c1-11(12-4-6-16(21)14(19)8-12)10-18(2,3)13-5-7-17(22)15(20)9-13/h4-10H,21-22H2,1-3H3. The largest absolute Gasteiger partial charge is 0.398 e. The van der Waals surface area contributed by atoms with Crippen LogP contribution >= 0.6 is 31.9 Å². The maximum Gasteiger partial charge on any atom is 0.0458 e. The van der Waals surface area contributed by atoms with Crippen molar-refractivity contribution in [1.82, 2.24) is 0 Å². The zero-order valence-electron chi connectivity index (χ0n) is 13.0. The Kier molecular flexibility index (Phi) is 5.03. The molecule has 0 heterocycles. The average Bonchev–Trinajstić information content (AvgIpc) is 2.44. The van der Waals surface area contributed by atoms with Crippen LogP contribution in [-0.2, 0) is 5.41 Å². The van der Waals surface area contributed by atoms with Gasteiger partial charge < -0.3 is 11.5 Å². The normalized spacial score (nSPS) is 12.5. The van der Waals surface area contributed by atoms with E-state index in [0.29, 0.717) is 0 Å². The second kappa shape index (κ2) is 6.47. The quantitative estimate of drug-likeness (QED) is 0.616. The molecule has 0 spiro atoms. The van der Waals surface area contributed by atoms with Gasteiger partial charge in [-0.1, -0.05) is 32.1 Å². The Morgan fingerprint density at radius 1 is 0.955 bits per heavy atom. The molecule has 4 heteroatoms. The minimum atomic E-state index is -0.103. The van der Waals surface area contributed by atoms with Crippen molar-refractivity contribution >= 4 is 48.8 Å². The topological polar surface area (TPSA) is 52.0 Å². The monoisotopic (exact) mass is 422 g/mol. The summed E-state index contributed by atoms with van der Waals surface area (Å²) >= 11 is 6.99. The lowest BCUT2D eigenvalue weighted by atomic mass is 9.82. The molecule has 0 bridgehead atoms. The first-order valence-electron chi connectivity index (χ1n) is 7.01. The van der Waals surface area contributed by atoms with Gasteiger partial charge in [-0.25, -0.2) is 0 Å². The first-order chi connectivity index (χ1) is 10.2. The van der Waals surface area contributed by atoms with Gasteiger partial charge in [0.1, 0.15) is 0 Å². The van der Waals surface area contributed by atoms with Crippen LogP contribution in [-0.4, -0.2) is 0 Å². The van der Waals surface area contributed by atoms with Gasteiger partial charge in [0.25, 0.3) is 0 Å². The Morgan fingerprint density at radius 3 is 2.05 bits per heavy atom. The molecule has 116 valence electrons. The Bertz CT molecular complexity index is 734. The number of rotatable bonds is 3. The maximum absolute atomic E-state index is 5.88. The first-order valence-corrected chi connectivity index (χ1v) is 8.59. The fourth-order valence-corrected chi connectivity index (χ4v) is 3.17. The van der Waals surface area contributed by atoms with Gasteiger partial charge in [0, 0.05) is 25.7 Å². The molecule has 0 saturated carbocycles. The zero-order valence-corrected chi connectivity index (χ0v) is 16.1. The van der Waals surface area contributed by atoms with Crippen molar-refractivity contribution in [3.05, 3.63) is 62.5 Å². The third-order valence-electron chi connectivity index (χ3n) is 3.78. The van der Waals surface area contributed by atoms with Crippen LogP contribution in [0, 0.1) is 0 Å². The number of anilines is 2. The summed E-state index contributed by atoms with van der Waals surface area (Å²) in [5.74, 6) is 0. The SMILES string of the molecule is CC(=CC(C)(C)c1ccc(N)c(Br)c1)c1ccc(N)c(Br)c1. The molecular formula is C18H20Br2N2.